The van der Waals surface area contributed by atoms with Gasteiger partial charge in [-0.05, 0) is 61.6 Å². The largest absolute Gasteiger partial charge is 0.497 e. The molecule has 4 nitrogen and oxygen atoms in total. The maximum atomic E-state index is 6.71. The molecule has 4 atom stereocenters. The molecule has 0 bridgehead atoms. The fourth-order valence-electron chi connectivity index (χ4n) is 3.85. The van der Waals surface area contributed by atoms with Crippen LogP contribution in [0.25, 0.3) is 10.9 Å². The molecule has 4 unspecified atom stereocenters. The van der Waals surface area contributed by atoms with Gasteiger partial charge in [0.15, 0.2) is 0 Å². The Morgan fingerprint density at radius 2 is 1.93 bits per heavy atom. The molecule has 162 valence electrons. The predicted molar refractivity (Wildman–Crippen MR) is 126 cm³/mol. The Bertz CT molecular complexity index is 746. The number of nitrogens with zero attached hydrogens (tertiary/aromatic N) is 2. The molecule has 0 spiro atoms. The second kappa shape index (κ2) is 12.6. The van der Waals surface area contributed by atoms with Crippen molar-refractivity contribution in [1.82, 2.24) is 9.88 Å². The summed E-state index contributed by atoms with van der Waals surface area (Å²) < 4.78 is 5.38. The van der Waals surface area contributed by atoms with Crippen LogP contribution in [-0.2, 0) is 0 Å². The summed E-state index contributed by atoms with van der Waals surface area (Å²) in [6.45, 7) is 18.7. The van der Waals surface area contributed by atoms with Gasteiger partial charge in [-0.3, -0.25) is 9.88 Å². The Kier molecular flexibility index (Phi) is 10.9. The summed E-state index contributed by atoms with van der Waals surface area (Å²) in [5.41, 5.74) is 8.80. The van der Waals surface area contributed by atoms with Gasteiger partial charge in [-0.25, -0.2) is 0 Å². The average Bonchev–Trinajstić information content (AvgIpc) is 2.80. The van der Waals surface area contributed by atoms with Crippen molar-refractivity contribution >= 4 is 10.9 Å². The zero-order chi connectivity index (χ0) is 22.0. The normalized spacial score (nSPS) is 21.1. The smallest absolute Gasteiger partial charge is 0.119 e. The molecule has 1 aliphatic rings. The van der Waals surface area contributed by atoms with E-state index in [-0.39, 0.29) is 12.1 Å². The van der Waals surface area contributed by atoms with E-state index in [1.807, 2.05) is 58.2 Å². The van der Waals surface area contributed by atoms with Crippen LogP contribution >= 0.6 is 0 Å². The van der Waals surface area contributed by atoms with Gasteiger partial charge in [-0.15, -0.1) is 6.58 Å². The van der Waals surface area contributed by atoms with Crippen LogP contribution in [0, 0.1) is 11.8 Å². The van der Waals surface area contributed by atoms with Crippen molar-refractivity contribution in [2.75, 3.05) is 20.2 Å². The van der Waals surface area contributed by atoms with E-state index in [1.165, 1.54) is 6.42 Å². The van der Waals surface area contributed by atoms with Crippen LogP contribution in [-0.4, -0.2) is 36.1 Å². The first-order valence-electron chi connectivity index (χ1n) is 11.1. The number of hydrogen-bond donors (Lipinski definition) is 1. The van der Waals surface area contributed by atoms with Crippen molar-refractivity contribution in [2.45, 2.75) is 60.0 Å². The van der Waals surface area contributed by atoms with E-state index in [0.717, 1.165) is 35.3 Å². The fraction of sp³-hybridized carbons (Fsp3) is 0.560. The van der Waals surface area contributed by atoms with Gasteiger partial charge in [0.25, 0.3) is 0 Å². The third-order valence-corrected chi connectivity index (χ3v) is 5.79. The van der Waals surface area contributed by atoms with Crippen LogP contribution in [0.15, 0.2) is 43.1 Å². The maximum absolute atomic E-state index is 6.71. The topological polar surface area (TPSA) is 51.4 Å². The van der Waals surface area contributed by atoms with Gasteiger partial charge in [0.05, 0.1) is 12.6 Å². The molecule has 2 heterocycles. The minimum Gasteiger partial charge on any atom is -0.497 e. The lowest BCUT2D eigenvalue weighted by Crippen LogP contribution is -2.47. The molecular weight excluding hydrogens is 358 g/mol. The minimum atomic E-state index is -0.0727. The molecule has 1 aliphatic heterocycles. The zero-order valence-corrected chi connectivity index (χ0v) is 19.5. The van der Waals surface area contributed by atoms with Gasteiger partial charge < -0.3 is 10.5 Å². The van der Waals surface area contributed by atoms with Crippen LogP contribution in [0.1, 0.15) is 59.6 Å². The number of piperidine rings is 1. The van der Waals surface area contributed by atoms with Gasteiger partial charge in [0.2, 0.25) is 0 Å². The van der Waals surface area contributed by atoms with E-state index in [1.54, 1.807) is 7.11 Å². The summed E-state index contributed by atoms with van der Waals surface area (Å²) >= 11 is 0. The van der Waals surface area contributed by atoms with Crippen molar-refractivity contribution in [2.24, 2.45) is 17.6 Å². The molecule has 4 heteroatoms. The number of aromatic nitrogens is 1. The lowest BCUT2D eigenvalue weighted by molar-refractivity contribution is 0.102. The number of methoxy groups -OCH3 is 1. The second-order valence-electron chi connectivity index (χ2n) is 7.21. The Hall–Kier alpha value is -1.91. The molecule has 29 heavy (non-hydrogen) atoms. The van der Waals surface area contributed by atoms with Crippen molar-refractivity contribution < 1.29 is 4.74 Å². The monoisotopic (exact) mass is 399 g/mol. The number of likely N-dealkylation sites (tertiary alicyclic amines) is 1. The number of pyridine rings is 1. The number of hydrogen-bond acceptors (Lipinski definition) is 4. The van der Waals surface area contributed by atoms with Crippen LogP contribution < -0.4 is 10.5 Å². The molecule has 1 fully saturated rings. The molecule has 2 N–H and O–H groups in total. The number of ether oxygens (including phenoxy) is 1. The Morgan fingerprint density at radius 1 is 1.24 bits per heavy atom. The van der Waals surface area contributed by atoms with Gasteiger partial charge in [-0.1, -0.05) is 40.7 Å². The minimum absolute atomic E-state index is 0.0727. The molecule has 0 aliphatic carbocycles. The summed E-state index contributed by atoms with van der Waals surface area (Å²) in [5, 5.41) is 1.08. The van der Waals surface area contributed by atoms with Gasteiger partial charge in [0.1, 0.15) is 5.75 Å². The van der Waals surface area contributed by atoms with Crippen molar-refractivity contribution in [3.63, 3.8) is 0 Å². The van der Waals surface area contributed by atoms with Gasteiger partial charge in [0, 0.05) is 30.2 Å². The first-order valence-corrected chi connectivity index (χ1v) is 11.1. The van der Waals surface area contributed by atoms with Crippen molar-refractivity contribution in [1.29, 1.82) is 0 Å². The number of benzene rings is 1. The highest BCUT2D eigenvalue weighted by Crippen LogP contribution is 2.31. The van der Waals surface area contributed by atoms with E-state index in [4.69, 9.17) is 10.5 Å². The third-order valence-electron chi connectivity index (χ3n) is 5.79. The maximum Gasteiger partial charge on any atom is 0.119 e. The number of nitrogens with two attached hydrogens (primary N) is 1. The molecule has 0 amide bonds. The van der Waals surface area contributed by atoms with E-state index in [0.29, 0.717) is 11.8 Å². The molecule has 1 aromatic carbocycles. The molecule has 1 saturated heterocycles. The zero-order valence-electron chi connectivity index (χ0n) is 19.5. The third kappa shape index (κ3) is 6.03. The summed E-state index contributed by atoms with van der Waals surface area (Å²) in [7, 11) is 1.68. The number of fused-ring (bicyclic) bond motifs is 1. The lowest BCUT2D eigenvalue weighted by atomic mass is 9.85. The SMILES string of the molecule is C=CC1CN(C(C)C(N)c2ccnc3ccc(OC)cc23)CCC1C.CC.CC. The molecule has 2 aromatic rings. The van der Waals surface area contributed by atoms with Gasteiger partial charge >= 0.3 is 0 Å². The van der Waals surface area contributed by atoms with Gasteiger partial charge in [-0.2, -0.15) is 0 Å². The second-order valence-corrected chi connectivity index (χ2v) is 7.21. The first-order chi connectivity index (χ1) is 14.0. The lowest BCUT2D eigenvalue weighted by Gasteiger charge is -2.41. The van der Waals surface area contributed by atoms with Crippen molar-refractivity contribution in [3.05, 3.63) is 48.7 Å². The Balaban J connectivity index is 0.000000989. The van der Waals surface area contributed by atoms with Crippen LogP contribution in [0.3, 0.4) is 0 Å². The summed E-state index contributed by atoms with van der Waals surface area (Å²) in [6, 6.07) is 8.19. The standard InChI is InChI=1S/C21H29N3O.2C2H6/c1-5-16-13-24(11-9-14(16)2)15(3)21(22)18-8-10-23-20-7-6-17(25-4)12-19(18)20;2*1-2/h5-8,10,12,14-16,21H,1,9,11,13,22H2,2-4H3;2*1-2H3. The quantitative estimate of drug-likeness (QED) is 0.643. The molecular formula is C25H41N3O. The highest BCUT2D eigenvalue weighted by Gasteiger charge is 2.30. The Morgan fingerprint density at radius 3 is 2.55 bits per heavy atom. The molecule has 0 radical (unpaired) electrons. The van der Waals surface area contributed by atoms with Crippen molar-refractivity contribution in [3.8, 4) is 5.75 Å². The highest BCUT2D eigenvalue weighted by atomic mass is 16.5. The Labute approximate surface area is 178 Å². The molecule has 0 saturated carbocycles. The van der Waals surface area contributed by atoms with E-state index in [2.05, 4.69) is 36.4 Å². The van der Waals surface area contributed by atoms with E-state index < -0.39 is 0 Å². The van der Waals surface area contributed by atoms with Crippen LogP contribution in [0.2, 0.25) is 0 Å². The number of rotatable bonds is 5. The average molecular weight is 400 g/mol. The van der Waals surface area contributed by atoms with Crippen LogP contribution in [0.4, 0.5) is 0 Å². The predicted octanol–water partition coefficient (Wildman–Crippen LogP) is 5.83. The first kappa shape index (κ1) is 25.1. The molecule has 3 rings (SSSR count). The van der Waals surface area contributed by atoms with E-state index >= 15 is 0 Å². The summed E-state index contributed by atoms with van der Waals surface area (Å²) in [6.07, 6.45) is 5.14. The fourth-order valence-corrected chi connectivity index (χ4v) is 3.85. The highest BCUT2D eigenvalue weighted by molar-refractivity contribution is 5.84. The van der Waals surface area contributed by atoms with Crippen LogP contribution in [0.5, 0.6) is 5.75 Å². The molecule has 1 aromatic heterocycles. The van der Waals surface area contributed by atoms with E-state index in [9.17, 15) is 0 Å². The summed E-state index contributed by atoms with van der Waals surface area (Å²) in [5.74, 6) is 2.07. The summed E-state index contributed by atoms with van der Waals surface area (Å²) in [4.78, 5) is 6.97.